The van der Waals surface area contributed by atoms with Gasteiger partial charge in [-0.05, 0) is 49.6 Å². The summed E-state index contributed by atoms with van der Waals surface area (Å²) in [5.41, 5.74) is -7.21. The minimum Gasteiger partial charge on any atom is -0.456 e. The Morgan fingerprint density at radius 3 is 2.24 bits per heavy atom. The maximum Gasteiger partial charge on any atom is 0.408 e. The van der Waals surface area contributed by atoms with Gasteiger partial charge in [0.1, 0.15) is 36.1 Å². The normalized spacial score (nSPS) is 34.8. The van der Waals surface area contributed by atoms with Crippen LogP contribution < -0.4 is 5.32 Å². The minimum absolute atomic E-state index is 0.0459. The summed E-state index contributed by atoms with van der Waals surface area (Å²) in [7, 11) is 0. The maximum absolute atomic E-state index is 14.7. The summed E-state index contributed by atoms with van der Waals surface area (Å²) in [6.45, 7) is 7.35. The lowest BCUT2D eigenvalue weighted by molar-refractivity contribution is -0.343. The first-order valence-corrected chi connectivity index (χ1v) is 18.3. The fraction of sp³-hybridized carbons (Fsp3) is 0.512. The summed E-state index contributed by atoms with van der Waals surface area (Å²) in [5.74, 6) is -4.55. The summed E-state index contributed by atoms with van der Waals surface area (Å²) < 4.78 is 22.9. The van der Waals surface area contributed by atoms with E-state index < -0.39 is 101 Å². The minimum atomic E-state index is -2.31. The van der Waals surface area contributed by atoms with Crippen molar-refractivity contribution in [2.24, 2.45) is 16.7 Å². The van der Waals surface area contributed by atoms with E-state index in [9.17, 15) is 44.7 Å². The molecule has 4 aliphatic rings. The summed E-state index contributed by atoms with van der Waals surface area (Å²) in [4.78, 5) is 55.2. The summed E-state index contributed by atoms with van der Waals surface area (Å²) in [6, 6.07) is 14.7. The van der Waals surface area contributed by atoms with Gasteiger partial charge in [0.15, 0.2) is 11.9 Å². The molecule has 1 heterocycles. The Hall–Kier alpha value is -4.44. The van der Waals surface area contributed by atoms with Gasteiger partial charge in [0.2, 0.25) is 0 Å². The molecule has 0 radical (unpaired) electrons. The Morgan fingerprint density at radius 2 is 1.64 bits per heavy atom. The number of aliphatic hydroxyl groups is 5. The Bertz CT molecular complexity index is 1860. The fourth-order valence-electron chi connectivity index (χ4n) is 9.12. The SMILES string of the molecule is C/C=C/COC(=O)N[C@@H](c1ccccc1)[C@@H](O)C(=O)OC1C[C@@]2(O)[C@@H](OC(=O)c3ccccc3)[C@@H]3[C@]4(O)CO[C@@H]4C[C@H](O)[C@@]3(C)C(=O)[C@H](O)C(=C1C)C2(C)C. The van der Waals surface area contributed by atoms with Crippen LogP contribution in [0, 0.1) is 16.7 Å². The lowest BCUT2D eigenvalue weighted by Gasteiger charge is -2.66. The molecule has 6 rings (SSSR count). The average Bonchev–Trinajstić information content (AvgIpc) is 3.16. The molecule has 11 atom stereocenters. The lowest BCUT2D eigenvalue weighted by Crippen LogP contribution is -2.81. The van der Waals surface area contributed by atoms with Gasteiger partial charge in [0, 0.05) is 24.2 Å². The first-order chi connectivity index (χ1) is 25.9. The summed E-state index contributed by atoms with van der Waals surface area (Å²) in [6.07, 6.45) is -8.01. The molecular formula is C41H49NO13. The molecule has 2 aromatic rings. The number of carbonyl (C=O) groups excluding carboxylic acids is 4. The molecule has 2 aromatic carbocycles. The molecule has 14 heteroatoms. The van der Waals surface area contributed by atoms with Crippen molar-refractivity contribution in [3.63, 3.8) is 0 Å². The number of rotatable bonds is 9. The third-order valence-electron chi connectivity index (χ3n) is 12.4. The largest absolute Gasteiger partial charge is 0.456 e. The zero-order valence-electron chi connectivity index (χ0n) is 31.4. The standard InChI is InChI=1S/C41H49NO13/c1-6-7-18-52-37(49)42-29(23-14-10-8-11-15-23)31(45)36(48)54-25-20-41(51)34(55-35(47)24-16-12-9-13-17-24)32-39(5,26(43)19-27-40(32,50)21-53-27)33(46)30(44)28(22(25)2)38(41,3)4/h6-17,25-27,29-32,34,43-45,50-51H,18-21H2,1-5H3,(H,42,49)/b7-6+/t25?,26-,27+,29-,30+,31+,32-,34-,39+,40-,41+/m0/s1. The van der Waals surface area contributed by atoms with Crippen molar-refractivity contribution < 1.29 is 63.7 Å². The average molecular weight is 764 g/mol. The van der Waals surface area contributed by atoms with Crippen LogP contribution in [0.25, 0.3) is 0 Å². The van der Waals surface area contributed by atoms with E-state index in [1.54, 1.807) is 81.5 Å². The van der Waals surface area contributed by atoms with Crippen LogP contribution in [-0.2, 0) is 28.5 Å². The van der Waals surface area contributed by atoms with Crippen LogP contribution in [-0.4, -0.2) is 110 Å². The molecule has 0 spiro atoms. The number of amides is 1. The van der Waals surface area contributed by atoms with E-state index in [4.69, 9.17) is 18.9 Å². The van der Waals surface area contributed by atoms with Gasteiger partial charge in [0.25, 0.3) is 0 Å². The predicted molar refractivity (Wildman–Crippen MR) is 194 cm³/mol. The van der Waals surface area contributed by atoms with Crippen LogP contribution in [0.4, 0.5) is 4.79 Å². The zero-order valence-corrected chi connectivity index (χ0v) is 31.4. The van der Waals surface area contributed by atoms with E-state index >= 15 is 0 Å². The maximum atomic E-state index is 14.7. The van der Waals surface area contributed by atoms with Crippen molar-refractivity contribution in [3.05, 3.63) is 95.1 Å². The second kappa shape index (κ2) is 14.9. The molecular weight excluding hydrogens is 714 g/mol. The van der Waals surface area contributed by atoms with Gasteiger partial charge >= 0.3 is 18.0 Å². The van der Waals surface area contributed by atoms with Gasteiger partial charge in [-0.3, -0.25) is 4.79 Å². The van der Waals surface area contributed by atoms with Crippen molar-refractivity contribution in [3.8, 4) is 0 Å². The molecule has 55 heavy (non-hydrogen) atoms. The number of esters is 2. The highest BCUT2D eigenvalue weighted by atomic mass is 16.6. The van der Waals surface area contributed by atoms with Crippen molar-refractivity contribution in [2.45, 2.75) is 101 Å². The van der Waals surface area contributed by atoms with Crippen molar-refractivity contribution >= 4 is 23.8 Å². The van der Waals surface area contributed by atoms with E-state index in [1.165, 1.54) is 26.0 Å². The molecule has 1 amide bonds. The monoisotopic (exact) mass is 763 g/mol. The van der Waals surface area contributed by atoms with Crippen LogP contribution in [0.1, 0.15) is 69.4 Å². The molecule has 2 saturated carbocycles. The van der Waals surface area contributed by atoms with Crippen LogP contribution in [0.2, 0.25) is 0 Å². The Labute approximate surface area is 318 Å². The molecule has 1 unspecified atom stereocenters. The predicted octanol–water partition coefficient (Wildman–Crippen LogP) is 2.47. The molecule has 0 aromatic heterocycles. The molecule has 1 saturated heterocycles. The zero-order chi connectivity index (χ0) is 40.1. The fourth-order valence-corrected chi connectivity index (χ4v) is 9.12. The van der Waals surface area contributed by atoms with E-state index in [2.05, 4.69) is 5.32 Å². The Morgan fingerprint density at radius 1 is 1.00 bits per heavy atom. The molecule has 6 N–H and O–H groups in total. The number of hydrogen-bond acceptors (Lipinski definition) is 13. The summed E-state index contributed by atoms with van der Waals surface area (Å²) in [5, 5.41) is 63.1. The van der Waals surface area contributed by atoms with Crippen molar-refractivity contribution in [1.82, 2.24) is 5.32 Å². The van der Waals surface area contributed by atoms with Crippen molar-refractivity contribution in [2.75, 3.05) is 13.2 Å². The molecule has 3 fully saturated rings. The molecule has 14 nitrogen and oxygen atoms in total. The third kappa shape index (κ3) is 6.58. The van der Waals surface area contributed by atoms with Crippen LogP contribution in [0.15, 0.2) is 84.0 Å². The second-order valence-electron chi connectivity index (χ2n) is 15.7. The van der Waals surface area contributed by atoms with Gasteiger partial charge in [0.05, 0.1) is 35.8 Å². The van der Waals surface area contributed by atoms with E-state index in [0.717, 1.165) is 0 Å². The van der Waals surface area contributed by atoms with Crippen molar-refractivity contribution in [1.29, 1.82) is 0 Å². The molecule has 296 valence electrons. The number of ketones is 1. The van der Waals surface area contributed by atoms with Gasteiger partial charge < -0.3 is 49.8 Å². The highest BCUT2D eigenvalue weighted by molar-refractivity contribution is 5.94. The summed E-state index contributed by atoms with van der Waals surface area (Å²) >= 11 is 0. The number of Topliss-reactive ketones (excluding diaryl/α,β-unsaturated/α-hetero) is 1. The smallest absolute Gasteiger partial charge is 0.408 e. The Kier molecular flexibility index (Phi) is 10.9. The van der Waals surface area contributed by atoms with Gasteiger partial charge in [-0.1, -0.05) is 74.5 Å². The number of allylic oxidation sites excluding steroid dienone is 1. The number of ether oxygens (including phenoxy) is 4. The number of hydrogen-bond donors (Lipinski definition) is 6. The van der Waals surface area contributed by atoms with Crippen LogP contribution in [0.5, 0.6) is 0 Å². The molecule has 2 bridgehead atoms. The topological polar surface area (TPSA) is 218 Å². The number of aliphatic hydroxyl groups excluding tert-OH is 3. The quantitative estimate of drug-likeness (QED) is 0.123. The number of benzene rings is 2. The number of carbonyl (C=O) groups is 4. The van der Waals surface area contributed by atoms with E-state index in [-0.39, 0.29) is 36.3 Å². The van der Waals surface area contributed by atoms with Gasteiger partial charge in [-0.2, -0.15) is 0 Å². The molecule has 3 aliphatic carbocycles. The second-order valence-corrected chi connectivity index (χ2v) is 15.7. The van der Waals surface area contributed by atoms with Crippen LogP contribution >= 0.6 is 0 Å². The van der Waals surface area contributed by atoms with E-state index in [0.29, 0.717) is 5.56 Å². The third-order valence-corrected chi connectivity index (χ3v) is 12.4. The van der Waals surface area contributed by atoms with Gasteiger partial charge in [-0.15, -0.1) is 0 Å². The lowest BCUT2D eigenvalue weighted by atomic mass is 9.44. The van der Waals surface area contributed by atoms with Crippen LogP contribution in [0.3, 0.4) is 0 Å². The number of fused-ring (bicyclic) bond motifs is 5. The highest BCUT2D eigenvalue weighted by Crippen LogP contribution is 2.63. The first kappa shape index (κ1) is 40.2. The molecule has 1 aliphatic heterocycles. The number of nitrogens with one attached hydrogen (secondary N) is 1. The Balaban J connectivity index is 1.44. The number of alkyl carbamates (subject to hydrolysis) is 1. The van der Waals surface area contributed by atoms with E-state index in [1.807, 2.05) is 0 Å². The first-order valence-electron chi connectivity index (χ1n) is 18.3. The highest BCUT2D eigenvalue weighted by Gasteiger charge is 2.76. The van der Waals surface area contributed by atoms with Gasteiger partial charge in [-0.25, -0.2) is 14.4 Å².